The molecule has 1 aromatic carbocycles. The van der Waals surface area contributed by atoms with E-state index in [2.05, 4.69) is 4.68 Å². The van der Waals surface area contributed by atoms with E-state index in [1.54, 1.807) is 12.1 Å². The second-order valence-corrected chi connectivity index (χ2v) is 9.55. The van der Waals surface area contributed by atoms with Crippen LogP contribution in [0.3, 0.4) is 0 Å². The van der Waals surface area contributed by atoms with Gasteiger partial charge in [0.25, 0.3) is 0 Å². The van der Waals surface area contributed by atoms with Crippen LogP contribution in [-0.2, 0) is 22.7 Å². The van der Waals surface area contributed by atoms with E-state index in [9.17, 15) is 8.42 Å². The Morgan fingerprint density at radius 2 is 1.64 bits per heavy atom. The van der Waals surface area contributed by atoms with Crippen molar-refractivity contribution in [3.8, 4) is 5.69 Å². The average molecular weight is 359 g/mol. The van der Waals surface area contributed by atoms with Crippen molar-refractivity contribution in [2.24, 2.45) is 0 Å². The van der Waals surface area contributed by atoms with Gasteiger partial charge in [0, 0.05) is 17.9 Å². The number of hydrogen-bond acceptors (Lipinski definition) is 3. The van der Waals surface area contributed by atoms with Crippen LogP contribution in [0.1, 0.15) is 67.8 Å². The molecular weight excluding hydrogens is 332 g/mol. The van der Waals surface area contributed by atoms with Crippen molar-refractivity contribution in [1.82, 2.24) is 9.78 Å². The maximum absolute atomic E-state index is 11.7. The molecular formula is C20H26N2O2S. The first kappa shape index (κ1) is 16.8. The Labute approximate surface area is 150 Å². The number of nitrogens with zero attached hydrogens (tertiary/aromatic N) is 2. The van der Waals surface area contributed by atoms with Gasteiger partial charge in [-0.3, -0.25) is 0 Å². The van der Waals surface area contributed by atoms with Crippen molar-refractivity contribution in [3.05, 3.63) is 41.2 Å². The van der Waals surface area contributed by atoms with Crippen LogP contribution in [0, 0.1) is 0 Å². The first-order valence-electron chi connectivity index (χ1n) is 9.45. The van der Waals surface area contributed by atoms with Gasteiger partial charge in [-0.15, -0.1) is 0 Å². The minimum Gasteiger partial charge on any atom is -0.237 e. The van der Waals surface area contributed by atoms with Crippen LogP contribution in [0.25, 0.3) is 5.69 Å². The summed E-state index contributed by atoms with van der Waals surface area (Å²) in [5, 5.41) is 5.04. The minimum atomic E-state index is -3.16. The van der Waals surface area contributed by atoms with Gasteiger partial charge < -0.3 is 0 Å². The van der Waals surface area contributed by atoms with E-state index in [4.69, 9.17) is 5.10 Å². The van der Waals surface area contributed by atoms with Crippen LogP contribution >= 0.6 is 0 Å². The summed E-state index contributed by atoms with van der Waals surface area (Å²) in [5.74, 6) is 0.608. The molecule has 25 heavy (non-hydrogen) atoms. The molecule has 0 saturated heterocycles. The van der Waals surface area contributed by atoms with Gasteiger partial charge in [0.05, 0.1) is 16.3 Å². The molecule has 2 aromatic rings. The standard InChI is InChI=1S/C20H26N2O2S/c1-25(23,24)17-13-11-16(12-14-17)22-19-10-6-5-9-18(19)20(21-22)15-7-3-2-4-8-15/h11-15H,2-10H2,1H3. The number of fused-ring (bicyclic) bond motifs is 1. The quantitative estimate of drug-likeness (QED) is 0.826. The van der Waals surface area contributed by atoms with Crippen LogP contribution in [0.15, 0.2) is 29.2 Å². The zero-order chi connectivity index (χ0) is 17.4. The molecule has 0 spiro atoms. The summed E-state index contributed by atoms with van der Waals surface area (Å²) in [7, 11) is -3.16. The summed E-state index contributed by atoms with van der Waals surface area (Å²) in [6, 6.07) is 7.18. The van der Waals surface area contributed by atoms with Gasteiger partial charge in [-0.2, -0.15) is 5.10 Å². The van der Waals surface area contributed by atoms with Gasteiger partial charge in [-0.25, -0.2) is 13.1 Å². The summed E-state index contributed by atoms with van der Waals surface area (Å²) in [5.41, 5.74) is 5.12. The van der Waals surface area contributed by atoms with Crippen LogP contribution in [0.5, 0.6) is 0 Å². The summed E-state index contributed by atoms with van der Waals surface area (Å²) in [4.78, 5) is 0.366. The molecule has 1 aromatic heterocycles. The molecule has 1 fully saturated rings. The molecule has 0 unspecified atom stereocenters. The van der Waals surface area contributed by atoms with E-state index < -0.39 is 9.84 Å². The third-order valence-corrected chi connectivity index (χ3v) is 6.84. The van der Waals surface area contributed by atoms with Gasteiger partial charge in [-0.05, 0) is 68.4 Å². The normalized spacial score (nSPS) is 18.9. The molecule has 2 aliphatic carbocycles. The Morgan fingerprint density at radius 1 is 0.960 bits per heavy atom. The lowest BCUT2D eigenvalue weighted by Gasteiger charge is -2.22. The summed E-state index contributed by atoms with van der Waals surface area (Å²) < 4.78 is 25.5. The number of hydrogen-bond donors (Lipinski definition) is 0. The van der Waals surface area contributed by atoms with Gasteiger partial charge in [-0.1, -0.05) is 19.3 Å². The summed E-state index contributed by atoms with van der Waals surface area (Å²) >= 11 is 0. The van der Waals surface area contributed by atoms with Crippen LogP contribution in [0.2, 0.25) is 0 Å². The first-order valence-corrected chi connectivity index (χ1v) is 11.3. The Bertz CT molecular complexity index is 860. The fourth-order valence-corrected chi connectivity index (χ4v) is 5.01. The maximum atomic E-state index is 11.7. The predicted octanol–water partition coefficient (Wildman–Crippen LogP) is 4.20. The van der Waals surface area contributed by atoms with E-state index in [1.165, 1.54) is 68.2 Å². The van der Waals surface area contributed by atoms with Crippen LogP contribution < -0.4 is 0 Å². The fraction of sp³-hybridized carbons (Fsp3) is 0.550. The number of aromatic nitrogens is 2. The van der Waals surface area contributed by atoms with Gasteiger partial charge in [0.15, 0.2) is 9.84 Å². The second kappa shape index (κ2) is 6.60. The average Bonchev–Trinajstić information content (AvgIpc) is 3.02. The van der Waals surface area contributed by atoms with E-state index >= 15 is 0 Å². The molecule has 5 heteroatoms. The summed E-state index contributed by atoms with van der Waals surface area (Å²) in [6.45, 7) is 0. The second-order valence-electron chi connectivity index (χ2n) is 7.53. The number of sulfone groups is 1. The van der Waals surface area contributed by atoms with E-state index in [0.29, 0.717) is 10.8 Å². The van der Waals surface area contributed by atoms with Crippen molar-refractivity contribution in [2.45, 2.75) is 68.6 Å². The Kier molecular flexibility index (Phi) is 4.44. The molecule has 0 bridgehead atoms. The van der Waals surface area contributed by atoms with Crippen LogP contribution in [-0.4, -0.2) is 24.5 Å². The van der Waals surface area contributed by atoms with Crippen molar-refractivity contribution in [3.63, 3.8) is 0 Å². The van der Waals surface area contributed by atoms with E-state index in [1.807, 2.05) is 12.1 Å². The third-order valence-electron chi connectivity index (χ3n) is 5.71. The topological polar surface area (TPSA) is 52.0 Å². The SMILES string of the molecule is CS(=O)(=O)c1ccc(-n2nc(C3CCCCC3)c3c2CCCC3)cc1. The van der Waals surface area contributed by atoms with Crippen LogP contribution in [0.4, 0.5) is 0 Å². The number of benzene rings is 1. The highest BCUT2D eigenvalue weighted by atomic mass is 32.2. The smallest absolute Gasteiger partial charge is 0.175 e. The Balaban J connectivity index is 1.75. The predicted molar refractivity (Wildman–Crippen MR) is 99.1 cm³/mol. The van der Waals surface area contributed by atoms with Gasteiger partial charge in [0.2, 0.25) is 0 Å². The third kappa shape index (κ3) is 3.26. The molecule has 1 saturated carbocycles. The highest BCUT2D eigenvalue weighted by Gasteiger charge is 2.27. The molecule has 1 heterocycles. The van der Waals surface area contributed by atoms with Gasteiger partial charge >= 0.3 is 0 Å². The molecule has 0 N–H and O–H groups in total. The van der Waals surface area contributed by atoms with Crippen molar-refractivity contribution in [2.75, 3.05) is 6.26 Å². The lowest BCUT2D eigenvalue weighted by atomic mass is 9.83. The minimum absolute atomic E-state index is 0.366. The molecule has 4 nitrogen and oxygen atoms in total. The molecule has 0 atom stereocenters. The number of rotatable bonds is 3. The van der Waals surface area contributed by atoms with E-state index in [-0.39, 0.29) is 0 Å². The van der Waals surface area contributed by atoms with Crippen molar-refractivity contribution >= 4 is 9.84 Å². The molecule has 4 rings (SSSR count). The highest BCUT2D eigenvalue weighted by molar-refractivity contribution is 7.90. The zero-order valence-corrected chi connectivity index (χ0v) is 15.7. The first-order chi connectivity index (χ1) is 12.0. The lowest BCUT2D eigenvalue weighted by molar-refractivity contribution is 0.432. The molecule has 0 radical (unpaired) electrons. The monoisotopic (exact) mass is 358 g/mol. The fourth-order valence-electron chi connectivity index (χ4n) is 4.38. The molecule has 0 aliphatic heterocycles. The van der Waals surface area contributed by atoms with Crippen molar-refractivity contribution in [1.29, 1.82) is 0 Å². The largest absolute Gasteiger partial charge is 0.237 e. The summed E-state index contributed by atoms with van der Waals surface area (Å²) in [6.07, 6.45) is 12.4. The highest BCUT2D eigenvalue weighted by Crippen LogP contribution is 2.37. The molecule has 134 valence electrons. The van der Waals surface area contributed by atoms with Crippen molar-refractivity contribution < 1.29 is 8.42 Å². The molecule has 0 amide bonds. The maximum Gasteiger partial charge on any atom is 0.175 e. The van der Waals surface area contributed by atoms with E-state index in [0.717, 1.165) is 18.5 Å². The zero-order valence-electron chi connectivity index (χ0n) is 14.9. The molecule has 2 aliphatic rings. The van der Waals surface area contributed by atoms with Gasteiger partial charge in [0.1, 0.15) is 0 Å². The Morgan fingerprint density at radius 3 is 2.32 bits per heavy atom. The Hall–Kier alpha value is -1.62. The lowest BCUT2D eigenvalue weighted by Crippen LogP contribution is -2.09.